The van der Waals surface area contributed by atoms with Crippen molar-refractivity contribution in [1.29, 1.82) is 0 Å². The number of hydrogen-bond donors (Lipinski definition) is 1. The molecule has 0 radical (unpaired) electrons. The maximum atomic E-state index is 11.4. The smallest absolute Gasteiger partial charge is 0.335 e. The summed E-state index contributed by atoms with van der Waals surface area (Å²) < 4.78 is 2.31. The lowest BCUT2D eigenvalue weighted by atomic mass is 9.94. The van der Waals surface area contributed by atoms with Crippen molar-refractivity contribution in [2.45, 2.75) is 38.1 Å². The molecule has 0 atom stereocenters. The van der Waals surface area contributed by atoms with Gasteiger partial charge < -0.3 is 9.67 Å². The Hall–Kier alpha value is -3.28. The zero-order chi connectivity index (χ0) is 19.1. The molecule has 2 aromatic carbocycles. The summed E-state index contributed by atoms with van der Waals surface area (Å²) in [7, 11) is 0. The van der Waals surface area contributed by atoms with E-state index in [0.29, 0.717) is 6.04 Å². The lowest BCUT2D eigenvalue weighted by Gasteiger charge is -2.25. The van der Waals surface area contributed by atoms with E-state index >= 15 is 0 Å². The minimum atomic E-state index is -0.932. The first-order chi connectivity index (χ1) is 13.7. The predicted molar refractivity (Wildman–Crippen MR) is 107 cm³/mol. The van der Waals surface area contributed by atoms with E-state index in [1.165, 1.54) is 19.3 Å². The van der Waals surface area contributed by atoms with Gasteiger partial charge in [0.05, 0.1) is 22.1 Å². The summed E-state index contributed by atoms with van der Waals surface area (Å²) in [5, 5.41) is 10.3. The van der Waals surface area contributed by atoms with Gasteiger partial charge in [-0.05, 0) is 49.2 Å². The average Bonchev–Trinajstić information content (AvgIpc) is 3.12. The third-order valence-corrected chi connectivity index (χ3v) is 5.64. The molecule has 140 valence electrons. The van der Waals surface area contributed by atoms with Crippen molar-refractivity contribution in [3.05, 3.63) is 54.5 Å². The van der Waals surface area contributed by atoms with Crippen LogP contribution in [0, 0.1) is 0 Å². The van der Waals surface area contributed by atoms with Gasteiger partial charge in [-0.3, -0.25) is 0 Å². The fraction of sp³-hybridized carbons (Fsp3) is 0.273. The summed E-state index contributed by atoms with van der Waals surface area (Å²) in [6.45, 7) is 0. The second-order valence-corrected chi connectivity index (χ2v) is 7.40. The van der Waals surface area contributed by atoms with Gasteiger partial charge in [-0.25, -0.2) is 19.7 Å². The van der Waals surface area contributed by atoms with Crippen molar-refractivity contribution in [2.75, 3.05) is 0 Å². The van der Waals surface area contributed by atoms with Gasteiger partial charge in [0.2, 0.25) is 0 Å². The number of imidazole rings is 1. The SMILES string of the molecule is O=C(O)c1ccc2c(c1)nc(-c1ccc3ncncc3c1)n2C1CCCCC1. The molecule has 0 amide bonds. The number of nitrogens with zero attached hydrogens (tertiary/aromatic N) is 4. The Morgan fingerprint density at radius 3 is 2.71 bits per heavy atom. The first kappa shape index (κ1) is 16.9. The number of carboxylic acid groups (broad SMARTS) is 1. The number of benzene rings is 2. The molecule has 1 fully saturated rings. The molecule has 6 nitrogen and oxygen atoms in total. The summed E-state index contributed by atoms with van der Waals surface area (Å²) >= 11 is 0. The standard InChI is InChI=1S/C22H20N4O2/c27-22(28)15-7-9-20-19(11-15)25-21(26(20)17-4-2-1-3-5-17)14-6-8-18-16(10-14)12-23-13-24-18/h6-13,17H,1-5H2,(H,27,28). The van der Waals surface area contributed by atoms with Crippen LogP contribution in [0.5, 0.6) is 0 Å². The molecule has 0 unspecified atom stereocenters. The topological polar surface area (TPSA) is 80.9 Å². The van der Waals surface area contributed by atoms with Gasteiger partial charge >= 0.3 is 5.97 Å². The van der Waals surface area contributed by atoms with Crippen LogP contribution in [-0.4, -0.2) is 30.6 Å². The van der Waals surface area contributed by atoms with Crippen LogP contribution < -0.4 is 0 Å². The summed E-state index contributed by atoms with van der Waals surface area (Å²) in [5.74, 6) is -0.0475. The second kappa shape index (κ2) is 6.71. The molecule has 1 aliphatic rings. The summed E-state index contributed by atoms with van der Waals surface area (Å²) in [6, 6.07) is 11.7. The molecule has 0 spiro atoms. The van der Waals surface area contributed by atoms with Crippen molar-refractivity contribution >= 4 is 27.9 Å². The molecule has 2 heterocycles. The van der Waals surface area contributed by atoms with Crippen molar-refractivity contribution in [3.63, 3.8) is 0 Å². The number of hydrogen-bond acceptors (Lipinski definition) is 4. The third kappa shape index (κ3) is 2.81. The molecule has 0 aliphatic heterocycles. The number of rotatable bonds is 3. The van der Waals surface area contributed by atoms with Crippen molar-refractivity contribution in [1.82, 2.24) is 19.5 Å². The number of aromatic carboxylic acids is 1. The highest BCUT2D eigenvalue weighted by atomic mass is 16.4. The summed E-state index contributed by atoms with van der Waals surface area (Å²) in [5.41, 5.74) is 3.88. The summed E-state index contributed by atoms with van der Waals surface area (Å²) in [4.78, 5) is 24.7. The maximum Gasteiger partial charge on any atom is 0.335 e. The van der Waals surface area contributed by atoms with E-state index in [-0.39, 0.29) is 5.56 Å². The molecule has 6 heteroatoms. The van der Waals surface area contributed by atoms with Gasteiger partial charge in [0, 0.05) is 23.2 Å². The number of fused-ring (bicyclic) bond motifs is 2. The molecule has 5 rings (SSSR count). The lowest BCUT2D eigenvalue weighted by molar-refractivity contribution is 0.0697. The fourth-order valence-corrected chi connectivity index (χ4v) is 4.27. The van der Waals surface area contributed by atoms with E-state index in [4.69, 9.17) is 4.98 Å². The van der Waals surface area contributed by atoms with Crippen LogP contribution >= 0.6 is 0 Å². The molecule has 1 saturated carbocycles. The van der Waals surface area contributed by atoms with Crippen molar-refractivity contribution < 1.29 is 9.90 Å². The van der Waals surface area contributed by atoms with Crippen LogP contribution in [-0.2, 0) is 0 Å². The average molecular weight is 372 g/mol. The minimum absolute atomic E-state index is 0.263. The first-order valence-corrected chi connectivity index (χ1v) is 9.66. The number of carbonyl (C=O) groups is 1. The van der Waals surface area contributed by atoms with Crippen LogP contribution in [0.1, 0.15) is 48.5 Å². The predicted octanol–water partition coefficient (Wildman–Crippen LogP) is 4.85. The van der Waals surface area contributed by atoms with Gasteiger partial charge in [-0.15, -0.1) is 0 Å². The van der Waals surface area contributed by atoms with Crippen LogP contribution in [0.3, 0.4) is 0 Å². The van der Waals surface area contributed by atoms with Crippen LogP contribution in [0.4, 0.5) is 0 Å². The molecule has 0 bridgehead atoms. The highest BCUT2D eigenvalue weighted by Crippen LogP contribution is 2.36. The van der Waals surface area contributed by atoms with Crippen LogP contribution in [0.15, 0.2) is 48.9 Å². The Bertz CT molecular complexity index is 1190. The monoisotopic (exact) mass is 372 g/mol. The van der Waals surface area contributed by atoms with E-state index < -0.39 is 5.97 Å². The highest BCUT2D eigenvalue weighted by Gasteiger charge is 2.23. The molecular weight excluding hydrogens is 352 g/mol. The number of carboxylic acids is 1. The highest BCUT2D eigenvalue weighted by molar-refractivity contribution is 5.93. The van der Waals surface area contributed by atoms with E-state index in [2.05, 4.69) is 20.6 Å². The number of aromatic nitrogens is 4. The molecule has 2 aromatic heterocycles. The summed E-state index contributed by atoms with van der Waals surface area (Å²) in [6.07, 6.45) is 9.29. The van der Waals surface area contributed by atoms with Crippen molar-refractivity contribution in [2.24, 2.45) is 0 Å². The molecule has 1 N–H and O–H groups in total. The Morgan fingerprint density at radius 2 is 1.89 bits per heavy atom. The third-order valence-electron chi connectivity index (χ3n) is 5.64. The largest absolute Gasteiger partial charge is 0.478 e. The molecule has 1 aliphatic carbocycles. The van der Waals surface area contributed by atoms with E-state index in [9.17, 15) is 9.90 Å². The zero-order valence-electron chi connectivity index (χ0n) is 15.4. The van der Waals surface area contributed by atoms with E-state index in [0.717, 1.165) is 46.2 Å². The molecule has 28 heavy (non-hydrogen) atoms. The Labute approximate surface area is 161 Å². The lowest BCUT2D eigenvalue weighted by Crippen LogP contribution is -2.14. The van der Waals surface area contributed by atoms with Gasteiger partial charge in [0.25, 0.3) is 0 Å². The van der Waals surface area contributed by atoms with Gasteiger partial charge in [-0.1, -0.05) is 19.3 Å². The Morgan fingerprint density at radius 1 is 1.04 bits per heavy atom. The molecule has 0 saturated heterocycles. The van der Waals surface area contributed by atoms with Gasteiger partial charge in [0.1, 0.15) is 12.2 Å². The molecule has 4 aromatic rings. The van der Waals surface area contributed by atoms with Crippen LogP contribution in [0.25, 0.3) is 33.3 Å². The fourth-order valence-electron chi connectivity index (χ4n) is 4.27. The molecular formula is C22H20N4O2. The minimum Gasteiger partial charge on any atom is -0.478 e. The normalized spacial score (nSPS) is 15.3. The first-order valence-electron chi connectivity index (χ1n) is 9.66. The maximum absolute atomic E-state index is 11.4. The van der Waals surface area contributed by atoms with E-state index in [1.54, 1.807) is 18.5 Å². The van der Waals surface area contributed by atoms with E-state index in [1.807, 2.05) is 24.4 Å². The zero-order valence-corrected chi connectivity index (χ0v) is 15.4. The quantitative estimate of drug-likeness (QED) is 0.556. The second-order valence-electron chi connectivity index (χ2n) is 7.40. The van der Waals surface area contributed by atoms with Gasteiger partial charge in [-0.2, -0.15) is 0 Å². The Balaban J connectivity index is 1.73. The van der Waals surface area contributed by atoms with Gasteiger partial charge in [0.15, 0.2) is 0 Å². The van der Waals surface area contributed by atoms with Crippen LogP contribution in [0.2, 0.25) is 0 Å². The van der Waals surface area contributed by atoms with Crippen molar-refractivity contribution in [3.8, 4) is 11.4 Å². The Kier molecular flexibility index (Phi) is 4.04.